The summed E-state index contributed by atoms with van der Waals surface area (Å²) in [7, 11) is 0. The van der Waals surface area contributed by atoms with Gasteiger partial charge in [-0.3, -0.25) is 14.4 Å². The molecule has 3 amide bonds. The van der Waals surface area contributed by atoms with E-state index in [2.05, 4.69) is 10.6 Å². The molecule has 1 unspecified atom stereocenters. The number of nitrogens with one attached hydrogen (secondary N) is 2. The normalized spacial score (nSPS) is 15.2. The van der Waals surface area contributed by atoms with E-state index in [1.807, 2.05) is 18.7 Å². The van der Waals surface area contributed by atoms with Crippen LogP contribution >= 0.6 is 11.6 Å². The Morgan fingerprint density at radius 1 is 1.27 bits per heavy atom. The molecule has 6 nitrogen and oxygen atoms in total. The molecule has 0 aromatic heterocycles. The molecule has 0 radical (unpaired) electrons. The van der Waals surface area contributed by atoms with Gasteiger partial charge in [-0.05, 0) is 30.9 Å². The number of carbonyl (C=O) groups excluding carboxylic acids is 3. The van der Waals surface area contributed by atoms with Gasteiger partial charge in [0.25, 0.3) is 5.91 Å². The van der Waals surface area contributed by atoms with E-state index < -0.39 is 6.04 Å². The Bertz CT molecular complexity index is 663. The fourth-order valence-corrected chi connectivity index (χ4v) is 3.15. The largest absolute Gasteiger partial charge is 0.354 e. The molecule has 1 aromatic carbocycles. The summed E-state index contributed by atoms with van der Waals surface area (Å²) in [6, 6.07) is 6.09. The van der Waals surface area contributed by atoms with Crippen molar-refractivity contribution >= 4 is 29.3 Å². The molecule has 1 atom stereocenters. The van der Waals surface area contributed by atoms with Crippen LogP contribution in [0, 0.1) is 5.92 Å². The number of amides is 3. The van der Waals surface area contributed by atoms with Crippen molar-refractivity contribution in [2.45, 2.75) is 39.2 Å². The molecule has 7 heteroatoms. The second-order valence-electron chi connectivity index (χ2n) is 6.80. The molecule has 2 N–H and O–H groups in total. The van der Waals surface area contributed by atoms with Gasteiger partial charge in [-0.25, -0.2) is 0 Å². The lowest BCUT2D eigenvalue weighted by atomic mass is 10.0. The highest BCUT2D eigenvalue weighted by molar-refractivity contribution is 6.33. The molecule has 0 spiro atoms. The van der Waals surface area contributed by atoms with E-state index >= 15 is 0 Å². The van der Waals surface area contributed by atoms with Crippen LogP contribution in [0.3, 0.4) is 0 Å². The first kappa shape index (κ1) is 20.2. The molecule has 26 heavy (non-hydrogen) atoms. The molecular weight excluding hydrogens is 354 g/mol. The summed E-state index contributed by atoms with van der Waals surface area (Å²) in [5, 5.41) is 5.96. The van der Waals surface area contributed by atoms with E-state index in [-0.39, 0.29) is 23.6 Å². The van der Waals surface area contributed by atoms with Crippen molar-refractivity contribution in [3.63, 3.8) is 0 Å². The van der Waals surface area contributed by atoms with Crippen molar-refractivity contribution in [1.29, 1.82) is 0 Å². The first-order valence-corrected chi connectivity index (χ1v) is 9.39. The number of nitrogens with zero attached hydrogens (tertiary/aromatic N) is 1. The highest BCUT2D eigenvalue weighted by Crippen LogP contribution is 2.15. The zero-order valence-electron chi connectivity index (χ0n) is 15.3. The summed E-state index contributed by atoms with van der Waals surface area (Å²) in [6.07, 6.45) is 2.23. The Kier molecular flexibility index (Phi) is 7.45. The second kappa shape index (κ2) is 9.57. The maximum Gasteiger partial charge on any atom is 0.253 e. The Labute approximate surface area is 159 Å². The lowest BCUT2D eigenvalue weighted by Crippen LogP contribution is -2.50. The van der Waals surface area contributed by atoms with Crippen molar-refractivity contribution in [2.75, 3.05) is 19.6 Å². The number of carbonyl (C=O) groups is 3. The first-order chi connectivity index (χ1) is 12.4. The number of benzene rings is 1. The SMILES string of the molecule is CC(C)C(NC(=O)c1ccccc1Cl)C(=O)NCCCN1CCCC1=O. The number of halogens is 1. The summed E-state index contributed by atoms with van der Waals surface area (Å²) in [4.78, 5) is 38.3. The van der Waals surface area contributed by atoms with Gasteiger partial charge in [0, 0.05) is 26.1 Å². The zero-order valence-corrected chi connectivity index (χ0v) is 16.0. The average Bonchev–Trinajstić information content (AvgIpc) is 3.01. The highest BCUT2D eigenvalue weighted by Gasteiger charge is 2.25. The minimum Gasteiger partial charge on any atom is -0.354 e. The molecule has 1 aliphatic heterocycles. The van der Waals surface area contributed by atoms with Gasteiger partial charge in [-0.1, -0.05) is 37.6 Å². The van der Waals surface area contributed by atoms with Crippen LogP contribution in [0.1, 0.15) is 43.5 Å². The van der Waals surface area contributed by atoms with E-state index in [1.54, 1.807) is 24.3 Å². The van der Waals surface area contributed by atoms with Crippen molar-refractivity contribution in [2.24, 2.45) is 5.92 Å². The van der Waals surface area contributed by atoms with Crippen LogP contribution < -0.4 is 10.6 Å². The highest BCUT2D eigenvalue weighted by atomic mass is 35.5. The zero-order chi connectivity index (χ0) is 19.1. The fourth-order valence-electron chi connectivity index (χ4n) is 2.93. The van der Waals surface area contributed by atoms with Gasteiger partial charge in [0.2, 0.25) is 11.8 Å². The molecule has 1 fully saturated rings. The number of rotatable bonds is 8. The number of likely N-dealkylation sites (tertiary alicyclic amines) is 1. The maximum absolute atomic E-state index is 12.5. The van der Waals surface area contributed by atoms with Gasteiger partial charge in [0.15, 0.2) is 0 Å². The third kappa shape index (κ3) is 5.46. The predicted molar refractivity (Wildman–Crippen MR) is 101 cm³/mol. The van der Waals surface area contributed by atoms with E-state index in [4.69, 9.17) is 11.6 Å². The summed E-state index contributed by atoms with van der Waals surface area (Å²) in [5.74, 6) is -0.481. The quantitative estimate of drug-likeness (QED) is 0.680. The summed E-state index contributed by atoms with van der Waals surface area (Å²) >= 11 is 6.04. The van der Waals surface area contributed by atoms with Crippen LogP contribution in [0.2, 0.25) is 5.02 Å². The van der Waals surface area contributed by atoms with Gasteiger partial charge in [-0.15, -0.1) is 0 Å². The fraction of sp³-hybridized carbons (Fsp3) is 0.526. The van der Waals surface area contributed by atoms with Gasteiger partial charge < -0.3 is 15.5 Å². The molecule has 0 bridgehead atoms. The topological polar surface area (TPSA) is 78.5 Å². The van der Waals surface area contributed by atoms with Crippen LogP contribution in [0.15, 0.2) is 24.3 Å². The first-order valence-electron chi connectivity index (χ1n) is 9.01. The van der Waals surface area contributed by atoms with E-state index in [0.717, 1.165) is 13.0 Å². The molecule has 1 heterocycles. The van der Waals surface area contributed by atoms with Crippen LogP contribution in [0.5, 0.6) is 0 Å². The summed E-state index contributed by atoms with van der Waals surface area (Å²) < 4.78 is 0. The third-order valence-electron chi connectivity index (χ3n) is 4.43. The maximum atomic E-state index is 12.5. The summed E-state index contributed by atoms with van der Waals surface area (Å²) in [5.41, 5.74) is 0.347. The second-order valence-corrected chi connectivity index (χ2v) is 7.21. The van der Waals surface area contributed by atoms with Gasteiger partial charge >= 0.3 is 0 Å². The minimum absolute atomic E-state index is 0.0680. The van der Waals surface area contributed by atoms with Gasteiger partial charge in [-0.2, -0.15) is 0 Å². The van der Waals surface area contributed by atoms with Crippen molar-refractivity contribution in [1.82, 2.24) is 15.5 Å². The predicted octanol–water partition coefficient (Wildman–Crippen LogP) is 2.22. The van der Waals surface area contributed by atoms with Gasteiger partial charge in [0.05, 0.1) is 10.6 Å². The van der Waals surface area contributed by atoms with E-state index in [1.165, 1.54) is 0 Å². The van der Waals surface area contributed by atoms with Gasteiger partial charge in [0.1, 0.15) is 6.04 Å². The standard InChI is InChI=1S/C19H26ClN3O3/c1-13(2)17(22-18(25)14-7-3-4-8-15(14)20)19(26)21-10-6-12-23-11-5-9-16(23)24/h3-4,7-8,13,17H,5-6,9-12H2,1-2H3,(H,21,26)(H,22,25). The van der Waals surface area contributed by atoms with E-state index in [0.29, 0.717) is 36.5 Å². The molecular formula is C19H26ClN3O3. The molecule has 2 rings (SSSR count). The Morgan fingerprint density at radius 3 is 2.62 bits per heavy atom. The minimum atomic E-state index is -0.646. The molecule has 1 saturated heterocycles. The van der Waals surface area contributed by atoms with Crippen molar-refractivity contribution in [3.05, 3.63) is 34.9 Å². The van der Waals surface area contributed by atoms with Crippen LogP contribution in [0.25, 0.3) is 0 Å². The van der Waals surface area contributed by atoms with Crippen molar-refractivity contribution < 1.29 is 14.4 Å². The monoisotopic (exact) mass is 379 g/mol. The Balaban J connectivity index is 1.84. The third-order valence-corrected chi connectivity index (χ3v) is 4.76. The molecule has 0 aliphatic carbocycles. The average molecular weight is 380 g/mol. The molecule has 0 saturated carbocycles. The van der Waals surface area contributed by atoms with Crippen LogP contribution in [-0.2, 0) is 9.59 Å². The Hall–Kier alpha value is -2.08. The molecule has 142 valence electrons. The summed E-state index contributed by atoms with van der Waals surface area (Å²) in [6.45, 7) is 5.67. The van der Waals surface area contributed by atoms with Crippen LogP contribution in [0.4, 0.5) is 0 Å². The smallest absolute Gasteiger partial charge is 0.253 e. The van der Waals surface area contributed by atoms with Crippen molar-refractivity contribution in [3.8, 4) is 0 Å². The van der Waals surface area contributed by atoms with E-state index in [9.17, 15) is 14.4 Å². The Morgan fingerprint density at radius 2 is 2.00 bits per heavy atom. The number of hydrogen-bond donors (Lipinski definition) is 2. The number of hydrogen-bond acceptors (Lipinski definition) is 3. The molecule has 1 aromatic rings. The lowest BCUT2D eigenvalue weighted by Gasteiger charge is -2.22. The molecule has 1 aliphatic rings. The van der Waals surface area contributed by atoms with Crippen LogP contribution in [-0.4, -0.2) is 48.3 Å². The lowest BCUT2D eigenvalue weighted by molar-refractivity contribution is -0.127.